The van der Waals surface area contributed by atoms with Gasteiger partial charge in [-0.25, -0.2) is 0 Å². The second kappa shape index (κ2) is 7.47. The first-order chi connectivity index (χ1) is 11.8. The van der Waals surface area contributed by atoms with E-state index in [4.69, 9.17) is 4.74 Å². The van der Waals surface area contributed by atoms with Gasteiger partial charge in [-0.3, -0.25) is 4.79 Å². The fourth-order valence-electron chi connectivity index (χ4n) is 2.47. The molecule has 0 bridgehead atoms. The number of carbonyl (C=O) groups is 1. The number of benzene rings is 3. The summed E-state index contributed by atoms with van der Waals surface area (Å²) in [5, 5.41) is 3.17. The number of Topliss-reactive ketones (excluding diaryl/α,β-unsaturated/α-hetero) is 1. The van der Waals surface area contributed by atoms with E-state index in [0.29, 0.717) is 5.56 Å². The van der Waals surface area contributed by atoms with Crippen LogP contribution in [0.2, 0.25) is 0 Å². The quantitative estimate of drug-likeness (QED) is 0.672. The Bertz CT molecular complexity index is 794. The molecule has 120 valence electrons. The molecule has 0 aromatic heterocycles. The number of rotatable bonds is 6. The van der Waals surface area contributed by atoms with Crippen LogP contribution in [0.3, 0.4) is 0 Å². The number of hydrogen-bond donors (Lipinski definition) is 1. The number of carbonyl (C=O) groups excluding carboxylic acids is 1. The van der Waals surface area contributed by atoms with Gasteiger partial charge < -0.3 is 10.1 Å². The number of anilines is 1. The van der Waals surface area contributed by atoms with Gasteiger partial charge in [0.15, 0.2) is 5.78 Å². The summed E-state index contributed by atoms with van der Waals surface area (Å²) in [6, 6.07) is 25.4. The zero-order valence-corrected chi connectivity index (χ0v) is 13.5. The Kier molecular flexibility index (Phi) is 4.92. The first-order valence-electron chi connectivity index (χ1n) is 7.83. The lowest BCUT2D eigenvalue weighted by Gasteiger charge is -2.08. The highest BCUT2D eigenvalue weighted by Gasteiger charge is 2.06. The van der Waals surface area contributed by atoms with Gasteiger partial charge in [-0.15, -0.1) is 0 Å². The van der Waals surface area contributed by atoms with Crippen molar-refractivity contribution in [1.29, 1.82) is 0 Å². The van der Waals surface area contributed by atoms with Gasteiger partial charge in [-0.05, 0) is 47.5 Å². The molecular formula is C21H19NO2. The van der Waals surface area contributed by atoms with Crippen LogP contribution in [0.25, 0.3) is 11.1 Å². The number of hydrogen-bond acceptors (Lipinski definition) is 3. The van der Waals surface area contributed by atoms with E-state index in [9.17, 15) is 4.79 Å². The molecule has 0 heterocycles. The van der Waals surface area contributed by atoms with Crippen LogP contribution in [0.4, 0.5) is 5.69 Å². The van der Waals surface area contributed by atoms with E-state index in [2.05, 4.69) is 29.6 Å². The Labute approximate surface area is 141 Å². The van der Waals surface area contributed by atoms with Crippen LogP contribution in [0.15, 0.2) is 78.9 Å². The van der Waals surface area contributed by atoms with Crippen LogP contribution in [0.5, 0.6) is 5.75 Å². The van der Waals surface area contributed by atoms with Crippen molar-refractivity contribution >= 4 is 11.5 Å². The minimum Gasteiger partial charge on any atom is -0.497 e. The second-order valence-corrected chi connectivity index (χ2v) is 5.45. The summed E-state index contributed by atoms with van der Waals surface area (Å²) in [6.07, 6.45) is 0. The van der Waals surface area contributed by atoms with E-state index in [1.807, 2.05) is 30.3 Å². The van der Waals surface area contributed by atoms with Crippen LogP contribution < -0.4 is 10.1 Å². The van der Waals surface area contributed by atoms with Gasteiger partial charge in [0.2, 0.25) is 0 Å². The number of nitrogens with one attached hydrogen (secondary N) is 1. The van der Waals surface area contributed by atoms with Crippen molar-refractivity contribution in [2.45, 2.75) is 0 Å². The van der Waals surface area contributed by atoms with Gasteiger partial charge in [0.25, 0.3) is 0 Å². The molecule has 0 atom stereocenters. The Balaban J connectivity index is 1.61. The summed E-state index contributed by atoms with van der Waals surface area (Å²) in [6.45, 7) is 0.261. The summed E-state index contributed by atoms with van der Waals surface area (Å²) in [5.74, 6) is 0.792. The highest BCUT2D eigenvalue weighted by Crippen LogP contribution is 2.21. The third-order valence-electron chi connectivity index (χ3n) is 3.86. The lowest BCUT2D eigenvalue weighted by molar-refractivity contribution is 0.101. The standard InChI is InChI=1S/C21H19NO2/c1-24-20-13-9-18(10-14-20)21(23)15-22-19-11-7-17(8-12-19)16-5-3-2-4-6-16/h2-14,22H,15H2,1H3. The predicted molar refractivity (Wildman–Crippen MR) is 97.7 cm³/mol. The predicted octanol–water partition coefficient (Wildman–Crippen LogP) is 4.66. The van der Waals surface area contributed by atoms with Gasteiger partial charge in [0.1, 0.15) is 5.75 Å². The van der Waals surface area contributed by atoms with E-state index in [1.54, 1.807) is 31.4 Å². The Morgan fingerprint density at radius 3 is 2.08 bits per heavy atom. The molecule has 0 saturated heterocycles. The van der Waals surface area contributed by atoms with Crippen molar-refractivity contribution in [1.82, 2.24) is 0 Å². The number of ether oxygens (including phenoxy) is 1. The maximum absolute atomic E-state index is 12.2. The number of ketones is 1. The van der Waals surface area contributed by atoms with Crippen LogP contribution in [-0.2, 0) is 0 Å². The average molecular weight is 317 g/mol. The molecule has 24 heavy (non-hydrogen) atoms. The molecule has 0 saturated carbocycles. The zero-order chi connectivity index (χ0) is 16.8. The highest BCUT2D eigenvalue weighted by atomic mass is 16.5. The van der Waals surface area contributed by atoms with Gasteiger partial charge in [-0.2, -0.15) is 0 Å². The lowest BCUT2D eigenvalue weighted by Crippen LogP contribution is -2.13. The fraction of sp³-hybridized carbons (Fsp3) is 0.0952. The monoisotopic (exact) mass is 317 g/mol. The smallest absolute Gasteiger partial charge is 0.181 e. The van der Waals surface area contributed by atoms with E-state index in [1.165, 1.54) is 5.56 Å². The second-order valence-electron chi connectivity index (χ2n) is 5.45. The summed E-state index contributed by atoms with van der Waals surface area (Å²) in [5.41, 5.74) is 3.93. The van der Waals surface area contributed by atoms with E-state index in [-0.39, 0.29) is 12.3 Å². The molecule has 0 spiro atoms. The summed E-state index contributed by atoms with van der Waals surface area (Å²) >= 11 is 0. The van der Waals surface area contributed by atoms with Crippen LogP contribution >= 0.6 is 0 Å². The van der Waals surface area contributed by atoms with Crippen molar-refractivity contribution in [3.63, 3.8) is 0 Å². The van der Waals surface area contributed by atoms with Crippen LogP contribution in [-0.4, -0.2) is 19.4 Å². The third kappa shape index (κ3) is 3.82. The fourth-order valence-corrected chi connectivity index (χ4v) is 2.47. The molecular weight excluding hydrogens is 298 g/mol. The molecule has 3 nitrogen and oxygen atoms in total. The van der Waals surface area contributed by atoms with E-state index < -0.39 is 0 Å². The highest BCUT2D eigenvalue weighted by molar-refractivity contribution is 5.99. The molecule has 3 aromatic carbocycles. The Hall–Kier alpha value is -3.07. The maximum Gasteiger partial charge on any atom is 0.181 e. The summed E-state index contributed by atoms with van der Waals surface area (Å²) < 4.78 is 5.10. The first-order valence-corrected chi connectivity index (χ1v) is 7.83. The van der Waals surface area contributed by atoms with Crippen molar-refractivity contribution in [2.24, 2.45) is 0 Å². The summed E-state index contributed by atoms with van der Waals surface area (Å²) in [4.78, 5) is 12.2. The van der Waals surface area contributed by atoms with Crippen molar-refractivity contribution in [3.05, 3.63) is 84.4 Å². The Morgan fingerprint density at radius 1 is 0.833 bits per heavy atom. The SMILES string of the molecule is COc1ccc(C(=O)CNc2ccc(-c3ccccc3)cc2)cc1. The summed E-state index contributed by atoms with van der Waals surface area (Å²) in [7, 11) is 1.61. The average Bonchev–Trinajstić information content (AvgIpc) is 2.67. The normalized spacial score (nSPS) is 10.2. The molecule has 0 aliphatic heterocycles. The van der Waals surface area contributed by atoms with Crippen LogP contribution in [0.1, 0.15) is 10.4 Å². The minimum absolute atomic E-state index is 0.0461. The molecule has 3 heteroatoms. The molecule has 3 rings (SSSR count). The molecule has 3 aromatic rings. The van der Waals surface area contributed by atoms with E-state index in [0.717, 1.165) is 17.0 Å². The zero-order valence-electron chi connectivity index (χ0n) is 13.5. The lowest BCUT2D eigenvalue weighted by atomic mass is 10.1. The molecule has 0 amide bonds. The maximum atomic E-state index is 12.2. The third-order valence-corrected chi connectivity index (χ3v) is 3.86. The van der Waals surface area contributed by atoms with Crippen molar-refractivity contribution < 1.29 is 9.53 Å². The van der Waals surface area contributed by atoms with E-state index >= 15 is 0 Å². The largest absolute Gasteiger partial charge is 0.497 e. The van der Waals surface area contributed by atoms with Crippen molar-refractivity contribution in [3.8, 4) is 16.9 Å². The molecule has 0 aliphatic rings. The topological polar surface area (TPSA) is 38.3 Å². The van der Waals surface area contributed by atoms with Gasteiger partial charge in [0.05, 0.1) is 13.7 Å². The van der Waals surface area contributed by atoms with Gasteiger partial charge in [-0.1, -0.05) is 42.5 Å². The molecule has 0 fully saturated rings. The van der Waals surface area contributed by atoms with Crippen LogP contribution in [0, 0.1) is 0 Å². The minimum atomic E-state index is 0.0461. The van der Waals surface area contributed by atoms with Crippen molar-refractivity contribution in [2.75, 3.05) is 19.0 Å². The molecule has 0 aliphatic carbocycles. The molecule has 0 unspecified atom stereocenters. The Morgan fingerprint density at radius 2 is 1.46 bits per heavy atom. The van der Waals surface area contributed by atoms with Gasteiger partial charge in [0, 0.05) is 11.3 Å². The van der Waals surface area contributed by atoms with Gasteiger partial charge >= 0.3 is 0 Å². The molecule has 0 radical (unpaired) electrons. The number of methoxy groups -OCH3 is 1. The first kappa shape index (κ1) is 15.8. The molecule has 1 N–H and O–H groups in total.